The third-order valence-corrected chi connectivity index (χ3v) is 8.99. The highest BCUT2D eigenvalue weighted by Gasteiger charge is 2.37. The van der Waals surface area contributed by atoms with E-state index < -0.39 is 0 Å². The molecule has 2 heterocycles. The molecule has 0 aliphatic carbocycles. The van der Waals surface area contributed by atoms with Gasteiger partial charge >= 0.3 is 0 Å². The fraction of sp³-hybridized carbons (Fsp3) is 0.324. The molecule has 45 heavy (non-hydrogen) atoms. The lowest BCUT2D eigenvalue weighted by atomic mass is 9.89. The topological polar surface area (TPSA) is 60.0 Å². The molecule has 4 aromatic carbocycles. The summed E-state index contributed by atoms with van der Waals surface area (Å²) in [5, 5.41) is 3.91. The van der Waals surface area contributed by atoms with E-state index in [2.05, 4.69) is 53.5 Å². The number of nitrogens with one attached hydrogen (secondary N) is 1. The molecule has 6 rings (SSSR count). The van der Waals surface area contributed by atoms with E-state index in [-0.39, 0.29) is 24.1 Å². The van der Waals surface area contributed by atoms with Gasteiger partial charge in [-0.2, -0.15) is 0 Å². The van der Waals surface area contributed by atoms with Crippen molar-refractivity contribution in [2.75, 3.05) is 13.7 Å². The molecular weight excluding hydrogens is 607 g/mol. The Morgan fingerprint density at radius 1 is 0.956 bits per heavy atom. The van der Waals surface area contributed by atoms with Crippen LogP contribution in [0.25, 0.3) is 0 Å². The quantitative estimate of drug-likeness (QED) is 0.207. The summed E-state index contributed by atoms with van der Waals surface area (Å²) >= 11 is 12.1. The fourth-order valence-corrected chi connectivity index (χ4v) is 6.31. The highest BCUT2D eigenvalue weighted by molar-refractivity contribution is 6.42. The SMILES string of the molecule is CC.CCC(c1ccccc1)N1Cc2cc3c(cc2CC1C(=O)NC)OCC(c1ccc(OCc2ccc(Cl)c(Cl)c2)cc1)O3. The number of rotatable bonds is 8. The third-order valence-electron chi connectivity index (χ3n) is 8.25. The molecule has 6 nitrogen and oxygen atoms in total. The number of ether oxygens (including phenoxy) is 3. The minimum Gasteiger partial charge on any atom is -0.489 e. The Morgan fingerprint density at radius 2 is 1.69 bits per heavy atom. The molecule has 4 aromatic rings. The average Bonchev–Trinajstić information content (AvgIpc) is 3.09. The number of carbonyl (C=O) groups excluding carboxylic acids is 1. The van der Waals surface area contributed by atoms with Gasteiger partial charge in [0.1, 0.15) is 19.0 Å². The molecule has 0 aromatic heterocycles. The molecule has 0 spiro atoms. The fourth-order valence-electron chi connectivity index (χ4n) is 5.98. The number of halogens is 2. The first kappa shape index (κ1) is 32.7. The summed E-state index contributed by atoms with van der Waals surface area (Å²) in [5.74, 6) is 2.21. The van der Waals surface area contributed by atoms with Crippen molar-refractivity contribution in [3.05, 3.63) is 123 Å². The summed E-state index contributed by atoms with van der Waals surface area (Å²) in [7, 11) is 1.71. The van der Waals surface area contributed by atoms with E-state index in [1.165, 1.54) is 5.56 Å². The minimum absolute atomic E-state index is 0.0272. The monoisotopic (exact) mass is 646 g/mol. The van der Waals surface area contributed by atoms with Crippen LogP contribution in [0.2, 0.25) is 10.0 Å². The number of nitrogens with zero attached hydrogens (tertiary/aromatic N) is 1. The molecule has 236 valence electrons. The van der Waals surface area contributed by atoms with Crippen molar-refractivity contribution in [1.82, 2.24) is 10.2 Å². The van der Waals surface area contributed by atoms with Crippen molar-refractivity contribution in [3.8, 4) is 17.2 Å². The summed E-state index contributed by atoms with van der Waals surface area (Å²) in [5.41, 5.74) is 5.43. The van der Waals surface area contributed by atoms with Crippen LogP contribution in [0.1, 0.15) is 67.2 Å². The van der Waals surface area contributed by atoms with Crippen LogP contribution >= 0.6 is 23.2 Å². The van der Waals surface area contributed by atoms with Gasteiger partial charge in [-0.1, -0.05) is 92.5 Å². The summed E-state index contributed by atoms with van der Waals surface area (Å²) in [6.07, 6.45) is 1.26. The number of likely N-dealkylation sites (N-methyl/N-ethyl adjacent to an activating group) is 1. The largest absolute Gasteiger partial charge is 0.489 e. The molecule has 1 N–H and O–H groups in total. The molecular formula is C37H40Cl2N2O4. The first-order valence-corrected chi connectivity index (χ1v) is 16.3. The predicted molar refractivity (Wildman–Crippen MR) is 180 cm³/mol. The Balaban J connectivity index is 0.00000196. The standard InChI is InChI=1S/C35H34Cl2N2O4.C2H6/c1-3-30(23-7-5-4-6-8-23)39-19-26-18-33-32(17-25(26)16-31(39)35(40)38-2)42-21-34(43-33)24-10-12-27(13-11-24)41-20-22-9-14-28(36)29(37)15-22;1-2/h4-15,17-18,30-31,34H,3,16,19-21H2,1-2H3,(H,38,40);1-2H3. The van der Waals surface area contributed by atoms with Crippen LogP contribution in [0.5, 0.6) is 17.2 Å². The molecule has 0 saturated carbocycles. The van der Waals surface area contributed by atoms with Gasteiger partial charge in [0.05, 0.1) is 16.1 Å². The normalized spacial score (nSPS) is 17.7. The third kappa shape index (κ3) is 7.41. The summed E-state index contributed by atoms with van der Waals surface area (Å²) in [6, 6.07) is 27.8. The molecule has 3 unspecified atom stereocenters. The molecule has 0 bridgehead atoms. The van der Waals surface area contributed by atoms with Crippen molar-refractivity contribution in [3.63, 3.8) is 0 Å². The van der Waals surface area contributed by atoms with Gasteiger partial charge in [0, 0.05) is 19.6 Å². The lowest BCUT2D eigenvalue weighted by molar-refractivity contribution is -0.127. The highest BCUT2D eigenvalue weighted by atomic mass is 35.5. The van der Waals surface area contributed by atoms with E-state index in [1.54, 1.807) is 13.1 Å². The van der Waals surface area contributed by atoms with Gasteiger partial charge in [-0.05, 0) is 77.1 Å². The van der Waals surface area contributed by atoms with Gasteiger partial charge < -0.3 is 19.5 Å². The zero-order chi connectivity index (χ0) is 31.9. The van der Waals surface area contributed by atoms with E-state index in [9.17, 15) is 4.79 Å². The van der Waals surface area contributed by atoms with Gasteiger partial charge in [0.2, 0.25) is 5.91 Å². The molecule has 1 amide bonds. The first-order valence-electron chi connectivity index (χ1n) is 15.6. The summed E-state index contributed by atoms with van der Waals surface area (Å²) < 4.78 is 18.6. The molecule has 2 aliphatic heterocycles. The maximum Gasteiger partial charge on any atom is 0.237 e. The van der Waals surface area contributed by atoms with Crippen LogP contribution in [-0.4, -0.2) is 30.5 Å². The number of benzene rings is 4. The van der Waals surface area contributed by atoms with Crippen LogP contribution in [0.15, 0.2) is 84.9 Å². The van der Waals surface area contributed by atoms with Crippen molar-refractivity contribution in [2.24, 2.45) is 0 Å². The van der Waals surface area contributed by atoms with E-state index in [1.807, 2.05) is 56.3 Å². The predicted octanol–water partition coefficient (Wildman–Crippen LogP) is 8.74. The van der Waals surface area contributed by atoms with Gasteiger partial charge in [-0.15, -0.1) is 0 Å². The Hall–Kier alpha value is -3.71. The average molecular weight is 648 g/mol. The first-order chi connectivity index (χ1) is 21.9. The Labute approximate surface area is 276 Å². The van der Waals surface area contributed by atoms with E-state index in [0.29, 0.717) is 36.2 Å². The maximum absolute atomic E-state index is 13.1. The summed E-state index contributed by atoms with van der Waals surface area (Å²) in [6.45, 7) is 7.60. The molecule has 0 fully saturated rings. The van der Waals surface area contributed by atoms with Gasteiger partial charge in [0.25, 0.3) is 0 Å². The lowest BCUT2D eigenvalue weighted by Gasteiger charge is -2.41. The van der Waals surface area contributed by atoms with Crippen LogP contribution in [0.3, 0.4) is 0 Å². The number of amides is 1. The van der Waals surface area contributed by atoms with E-state index >= 15 is 0 Å². The van der Waals surface area contributed by atoms with Crippen molar-refractivity contribution >= 4 is 29.1 Å². The molecule has 2 aliphatic rings. The van der Waals surface area contributed by atoms with Crippen LogP contribution in [0, 0.1) is 0 Å². The smallest absolute Gasteiger partial charge is 0.237 e. The number of hydrogen-bond acceptors (Lipinski definition) is 5. The van der Waals surface area contributed by atoms with E-state index in [0.717, 1.165) is 45.9 Å². The van der Waals surface area contributed by atoms with Crippen molar-refractivity contribution in [1.29, 1.82) is 0 Å². The molecule has 0 radical (unpaired) electrons. The van der Waals surface area contributed by atoms with Crippen LogP contribution < -0.4 is 19.5 Å². The highest BCUT2D eigenvalue weighted by Crippen LogP contribution is 2.42. The Bertz CT molecular complexity index is 1600. The zero-order valence-electron chi connectivity index (χ0n) is 26.2. The summed E-state index contributed by atoms with van der Waals surface area (Å²) in [4.78, 5) is 15.4. The van der Waals surface area contributed by atoms with Gasteiger partial charge in [0.15, 0.2) is 17.6 Å². The van der Waals surface area contributed by atoms with Gasteiger partial charge in [-0.3, -0.25) is 9.69 Å². The zero-order valence-corrected chi connectivity index (χ0v) is 27.7. The number of carbonyl (C=O) groups is 1. The maximum atomic E-state index is 13.1. The van der Waals surface area contributed by atoms with Crippen LogP contribution in [-0.2, 0) is 24.4 Å². The molecule has 3 atom stereocenters. The number of fused-ring (bicyclic) bond motifs is 2. The minimum atomic E-state index is -0.268. The lowest BCUT2D eigenvalue weighted by Crippen LogP contribution is -2.50. The number of hydrogen-bond donors (Lipinski definition) is 1. The van der Waals surface area contributed by atoms with Crippen LogP contribution in [0.4, 0.5) is 0 Å². The van der Waals surface area contributed by atoms with Gasteiger partial charge in [-0.25, -0.2) is 0 Å². The molecule has 0 saturated heterocycles. The Morgan fingerprint density at radius 3 is 2.38 bits per heavy atom. The second-order valence-corrected chi connectivity index (χ2v) is 11.7. The van der Waals surface area contributed by atoms with E-state index in [4.69, 9.17) is 37.4 Å². The second-order valence-electron chi connectivity index (χ2n) is 10.9. The van der Waals surface area contributed by atoms with Crippen molar-refractivity contribution in [2.45, 2.75) is 65.0 Å². The molecule has 8 heteroatoms. The van der Waals surface area contributed by atoms with Crippen molar-refractivity contribution < 1.29 is 19.0 Å². The second kappa shape index (κ2) is 15.0. The Kier molecular flexibility index (Phi) is 10.9.